The van der Waals surface area contributed by atoms with Crippen LogP contribution in [-0.4, -0.2) is 84.4 Å². The zero-order chi connectivity index (χ0) is 28.8. The van der Waals surface area contributed by atoms with E-state index in [0.717, 1.165) is 18.7 Å². The average molecular weight is 555 g/mol. The van der Waals surface area contributed by atoms with E-state index in [-0.39, 0.29) is 18.9 Å². The predicted octanol–water partition coefficient (Wildman–Crippen LogP) is 0.746. The second-order valence-corrected chi connectivity index (χ2v) is 11.1. The minimum Gasteiger partial charge on any atom is -0.356 e. The van der Waals surface area contributed by atoms with Gasteiger partial charge >= 0.3 is 18.2 Å². The van der Waals surface area contributed by atoms with Crippen LogP contribution < -0.4 is 16.0 Å². The molecule has 3 N–H and O–H groups in total. The fraction of sp³-hybridized carbons (Fsp3) is 0.783. The van der Waals surface area contributed by atoms with Gasteiger partial charge in [0.2, 0.25) is 11.8 Å². The van der Waals surface area contributed by atoms with Gasteiger partial charge in [-0.05, 0) is 43.9 Å². The Labute approximate surface area is 215 Å². The maximum Gasteiger partial charge on any atom is 0.522 e. The molecule has 214 valence electrons. The summed E-state index contributed by atoms with van der Waals surface area (Å²) in [5, 5.41) is 6.86. The molecule has 5 atom stereocenters. The van der Waals surface area contributed by atoms with Gasteiger partial charge in [0.25, 0.3) is 6.43 Å². The third kappa shape index (κ3) is 6.24. The van der Waals surface area contributed by atoms with Crippen molar-refractivity contribution < 1.29 is 50.7 Å². The Morgan fingerprint density at radius 3 is 2.34 bits per heavy atom. The summed E-state index contributed by atoms with van der Waals surface area (Å²) in [7, 11) is 0. The molecular formula is C23H31F5N4O6. The fourth-order valence-electron chi connectivity index (χ4n) is 5.26. The largest absolute Gasteiger partial charge is 0.522 e. The maximum absolute atomic E-state index is 13.4. The van der Waals surface area contributed by atoms with Gasteiger partial charge in [-0.1, -0.05) is 13.8 Å². The van der Waals surface area contributed by atoms with Gasteiger partial charge in [0, 0.05) is 19.0 Å². The summed E-state index contributed by atoms with van der Waals surface area (Å²) in [4.78, 5) is 64.4. The lowest BCUT2D eigenvalue weighted by molar-refractivity contribution is -0.321. The molecule has 1 aliphatic carbocycles. The number of hydrogen-bond donors (Lipinski definition) is 3. The number of halogens is 5. The topological polar surface area (TPSA) is 134 Å². The van der Waals surface area contributed by atoms with Crippen molar-refractivity contribution in [2.24, 2.45) is 23.2 Å². The second-order valence-electron chi connectivity index (χ2n) is 11.1. The number of alkyl halides is 5. The lowest BCUT2D eigenvalue weighted by atomic mass is 9.94. The highest BCUT2D eigenvalue weighted by molar-refractivity contribution is 6.35. The van der Waals surface area contributed by atoms with Crippen molar-refractivity contribution in [1.82, 2.24) is 20.9 Å². The minimum absolute atomic E-state index is 0.0298. The number of hydrogen-bond acceptors (Lipinski definition) is 6. The van der Waals surface area contributed by atoms with Gasteiger partial charge < -0.3 is 20.9 Å². The molecule has 0 aromatic heterocycles. The lowest BCUT2D eigenvalue weighted by Gasteiger charge is -2.32. The summed E-state index contributed by atoms with van der Waals surface area (Å²) in [6, 6.07) is -2.82. The van der Waals surface area contributed by atoms with E-state index in [0.29, 0.717) is 13.0 Å². The Morgan fingerprint density at radius 2 is 1.82 bits per heavy atom. The van der Waals surface area contributed by atoms with Gasteiger partial charge in [0.1, 0.15) is 12.6 Å². The summed E-state index contributed by atoms with van der Waals surface area (Å²) in [6.07, 6.45) is -8.08. The van der Waals surface area contributed by atoms with E-state index >= 15 is 0 Å². The van der Waals surface area contributed by atoms with Gasteiger partial charge in [-0.3, -0.25) is 28.7 Å². The first-order valence-electron chi connectivity index (χ1n) is 12.1. The van der Waals surface area contributed by atoms with Gasteiger partial charge in [0.05, 0.1) is 11.6 Å². The summed E-state index contributed by atoms with van der Waals surface area (Å²) in [5.41, 5.74) is -2.45. The van der Waals surface area contributed by atoms with E-state index in [4.69, 9.17) is 0 Å². The Balaban J connectivity index is 1.79. The van der Waals surface area contributed by atoms with Crippen molar-refractivity contribution >= 4 is 29.4 Å². The molecule has 3 rings (SSSR count). The summed E-state index contributed by atoms with van der Waals surface area (Å²) < 4.78 is 67.6. The third-order valence-corrected chi connectivity index (χ3v) is 7.68. The highest BCUT2D eigenvalue weighted by Crippen LogP contribution is 2.64. The molecule has 2 heterocycles. The van der Waals surface area contributed by atoms with E-state index in [1.807, 2.05) is 19.2 Å². The minimum atomic E-state index is -5.10. The monoisotopic (exact) mass is 554 g/mol. The van der Waals surface area contributed by atoms with Gasteiger partial charge in [-0.15, -0.1) is 13.2 Å². The molecule has 15 heteroatoms. The molecule has 3 aliphatic rings. The van der Waals surface area contributed by atoms with Crippen molar-refractivity contribution in [3.05, 3.63) is 0 Å². The van der Waals surface area contributed by atoms with Crippen LogP contribution in [0.15, 0.2) is 0 Å². The van der Waals surface area contributed by atoms with E-state index in [9.17, 15) is 45.9 Å². The number of amides is 4. The molecule has 1 unspecified atom stereocenters. The van der Waals surface area contributed by atoms with Crippen molar-refractivity contribution in [2.75, 3.05) is 19.7 Å². The number of carbonyl (C=O) groups excluding carboxylic acids is 5. The molecule has 0 bridgehead atoms. The number of nitrogens with one attached hydrogen (secondary N) is 3. The molecule has 2 saturated heterocycles. The Bertz CT molecular complexity index is 1000. The molecular weight excluding hydrogens is 523 g/mol. The number of nitrogens with zero attached hydrogens (tertiary/aromatic N) is 1. The zero-order valence-corrected chi connectivity index (χ0v) is 21.3. The maximum atomic E-state index is 13.4. The Kier molecular flexibility index (Phi) is 8.11. The van der Waals surface area contributed by atoms with Crippen LogP contribution in [0.2, 0.25) is 0 Å². The SMILES string of the molecule is CC(C)(NC(=O)C(=O)N1C[C@H]2[C@@H]([C@H]1C(=O)NC(C[C@@H]1CCNC1=O)C(=O)COC(F)(F)F)C2(C)C)C(F)F. The van der Waals surface area contributed by atoms with Gasteiger partial charge in [-0.2, -0.15) is 0 Å². The first-order chi connectivity index (χ1) is 17.4. The molecule has 0 aromatic rings. The van der Waals surface area contributed by atoms with Crippen molar-refractivity contribution in [2.45, 2.75) is 70.9 Å². The molecule has 4 amide bonds. The normalized spacial score (nSPS) is 27.0. The van der Waals surface area contributed by atoms with Crippen LogP contribution in [0.1, 0.15) is 40.5 Å². The zero-order valence-electron chi connectivity index (χ0n) is 21.3. The van der Waals surface area contributed by atoms with E-state index < -0.39 is 83.7 Å². The van der Waals surface area contributed by atoms with E-state index in [1.165, 1.54) is 0 Å². The molecule has 1 saturated carbocycles. The van der Waals surface area contributed by atoms with Crippen molar-refractivity contribution in [3.8, 4) is 0 Å². The Hall–Kier alpha value is -2.84. The van der Waals surface area contributed by atoms with Crippen LogP contribution in [-0.2, 0) is 28.7 Å². The lowest BCUT2D eigenvalue weighted by Crippen LogP contribution is -2.59. The standard InChI is InChI=1S/C23H31F5N4O6/c1-21(2)11-8-32(19(37)18(36)31-22(3,4)20(24)25)15(14(11)21)17(35)30-12(7-10-5-6-29-16(10)34)13(33)9-38-23(26,27)28/h10-12,14-15,20H,5-9H2,1-4H3,(H,29,34)(H,30,35)(H,31,36)/t10-,11-,12?,14-,15-/m0/s1. The number of likely N-dealkylation sites (tertiary alicyclic amines) is 1. The number of rotatable bonds is 9. The van der Waals surface area contributed by atoms with Crippen LogP contribution in [0, 0.1) is 23.2 Å². The van der Waals surface area contributed by atoms with Gasteiger partial charge in [0.15, 0.2) is 5.78 Å². The van der Waals surface area contributed by atoms with Crippen molar-refractivity contribution in [3.63, 3.8) is 0 Å². The molecule has 38 heavy (non-hydrogen) atoms. The van der Waals surface area contributed by atoms with Crippen molar-refractivity contribution in [1.29, 1.82) is 0 Å². The quantitative estimate of drug-likeness (QED) is 0.285. The number of ketones is 1. The smallest absolute Gasteiger partial charge is 0.356 e. The summed E-state index contributed by atoms with van der Waals surface area (Å²) >= 11 is 0. The fourth-order valence-corrected chi connectivity index (χ4v) is 5.26. The predicted molar refractivity (Wildman–Crippen MR) is 119 cm³/mol. The number of fused-ring (bicyclic) bond motifs is 1. The van der Waals surface area contributed by atoms with Crippen LogP contribution >= 0.6 is 0 Å². The molecule has 3 fully saturated rings. The number of carbonyl (C=O) groups is 5. The van der Waals surface area contributed by atoms with E-state index in [1.54, 1.807) is 0 Å². The first kappa shape index (κ1) is 29.7. The van der Waals surface area contributed by atoms with Crippen LogP contribution in [0.25, 0.3) is 0 Å². The van der Waals surface area contributed by atoms with Crippen LogP contribution in [0.5, 0.6) is 0 Å². The van der Waals surface area contributed by atoms with E-state index in [2.05, 4.69) is 15.4 Å². The molecule has 2 aliphatic heterocycles. The van der Waals surface area contributed by atoms with Crippen LogP contribution in [0.4, 0.5) is 22.0 Å². The first-order valence-corrected chi connectivity index (χ1v) is 12.1. The molecule has 0 spiro atoms. The number of ether oxygens (including phenoxy) is 1. The molecule has 0 aromatic carbocycles. The number of Topliss-reactive ketones (excluding diaryl/α,β-unsaturated/α-hetero) is 1. The molecule has 10 nitrogen and oxygen atoms in total. The third-order valence-electron chi connectivity index (χ3n) is 7.68. The van der Waals surface area contributed by atoms with Gasteiger partial charge in [-0.25, -0.2) is 8.78 Å². The molecule has 0 radical (unpaired) electrons. The second kappa shape index (κ2) is 10.4. The summed E-state index contributed by atoms with van der Waals surface area (Å²) in [5.74, 6) is -6.42. The average Bonchev–Trinajstić information content (AvgIpc) is 3.15. The van der Waals surface area contributed by atoms with Crippen LogP contribution in [0.3, 0.4) is 0 Å². The number of piperidine rings is 1. The summed E-state index contributed by atoms with van der Waals surface area (Å²) in [6.45, 7) is 4.56. The highest BCUT2D eigenvalue weighted by atomic mass is 19.4. The highest BCUT2D eigenvalue weighted by Gasteiger charge is 2.69. The Morgan fingerprint density at radius 1 is 1.18 bits per heavy atom.